The van der Waals surface area contributed by atoms with E-state index in [0.29, 0.717) is 39.2 Å². The second-order valence-electron chi connectivity index (χ2n) is 7.12. The van der Waals surface area contributed by atoms with E-state index in [1.165, 1.54) is 17.4 Å². The summed E-state index contributed by atoms with van der Waals surface area (Å²) in [6.45, 7) is 2.32. The van der Waals surface area contributed by atoms with Gasteiger partial charge in [-0.1, -0.05) is 24.3 Å². The van der Waals surface area contributed by atoms with Gasteiger partial charge in [-0.3, -0.25) is 4.79 Å². The molecule has 0 aliphatic rings. The van der Waals surface area contributed by atoms with Crippen LogP contribution in [0.15, 0.2) is 60.8 Å². The normalized spacial score (nSPS) is 10.8. The fourth-order valence-electron chi connectivity index (χ4n) is 3.35. The van der Waals surface area contributed by atoms with Gasteiger partial charge in [-0.2, -0.15) is 5.10 Å². The molecule has 164 valence electrons. The number of hydrogen-bond acceptors (Lipinski definition) is 5. The summed E-state index contributed by atoms with van der Waals surface area (Å²) in [5.41, 5.74) is 2.26. The van der Waals surface area contributed by atoms with Crippen LogP contribution in [0.25, 0.3) is 10.4 Å². The highest BCUT2D eigenvalue weighted by atomic mass is 32.1. The smallest absolute Gasteiger partial charge is 0.266 e. The summed E-state index contributed by atoms with van der Waals surface area (Å²) in [6, 6.07) is 15.6. The van der Waals surface area contributed by atoms with Crippen molar-refractivity contribution in [2.75, 3.05) is 19.5 Å². The Bertz CT molecular complexity index is 1270. The van der Waals surface area contributed by atoms with Gasteiger partial charge in [-0.25, -0.2) is 9.07 Å². The molecular formula is C24H22FN3O3S. The van der Waals surface area contributed by atoms with Gasteiger partial charge in [0.05, 0.1) is 31.8 Å². The monoisotopic (exact) mass is 451 g/mol. The zero-order valence-electron chi connectivity index (χ0n) is 17.9. The Morgan fingerprint density at radius 3 is 2.62 bits per heavy atom. The van der Waals surface area contributed by atoms with Crippen LogP contribution in [0.2, 0.25) is 0 Å². The molecule has 8 heteroatoms. The van der Waals surface area contributed by atoms with Crippen LogP contribution in [0.1, 0.15) is 20.8 Å². The SMILES string of the molecule is COc1ccc(Cn2ncc(C)c2NC(=O)c2ccc(-c3ccccc3F)s2)cc1OC. The topological polar surface area (TPSA) is 65.4 Å². The molecule has 0 aliphatic heterocycles. The first-order valence-electron chi connectivity index (χ1n) is 9.89. The average molecular weight is 452 g/mol. The zero-order chi connectivity index (χ0) is 22.7. The highest BCUT2D eigenvalue weighted by molar-refractivity contribution is 7.17. The highest BCUT2D eigenvalue weighted by Gasteiger charge is 2.17. The van der Waals surface area contributed by atoms with Crippen molar-refractivity contribution in [2.45, 2.75) is 13.5 Å². The maximum Gasteiger partial charge on any atom is 0.266 e. The number of rotatable bonds is 7. The summed E-state index contributed by atoms with van der Waals surface area (Å²) < 4.78 is 26.5. The number of benzene rings is 2. The molecule has 0 fully saturated rings. The van der Waals surface area contributed by atoms with Crippen LogP contribution in [0.4, 0.5) is 10.2 Å². The Kier molecular flexibility index (Phi) is 6.23. The number of methoxy groups -OCH3 is 2. The molecule has 4 rings (SSSR count). The Morgan fingerprint density at radius 1 is 1.09 bits per heavy atom. The van der Waals surface area contributed by atoms with Crippen molar-refractivity contribution < 1.29 is 18.7 Å². The Morgan fingerprint density at radius 2 is 1.88 bits per heavy atom. The number of aromatic nitrogens is 2. The van der Waals surface area contributed by atoms with Gasteiger partial charge < -0.3 is 14.8 Å². The average Bonchev–Trinajstić information content (AvgIpc) is 3.42. The fraction of sp³-hybridized carbons (Fsp3) is 0.167. The van der Waals surface area contributed by atoms with Gasteiger partial charge in [0.25, 0.3) is 5.91 Å². The molecule has 2 aromatic carbocycles. The first-order chi connectivity index (χ1) is 15.5. The number of nitrogens with one attached hydrogen (secondary N) is 1. The number of carbonyl (C=O) groups excluding carboxylic acids is 1. The summed E-state index contributed by atoms with van der Waals surface area (Å²) in [6.07, 6.45) is 1.70. The minimum atomic E-state index is -0.315. The molecule has 2 heterocycles. The van der Waals surface area contributed by atoms with Gasteiger partial charge in [-0.15, -0.1) is 11.3 Å². The van der Waals surface area contributed by atoms with E-state index in [0.717, 1.165) is 11.1 Å². The van der Waals surface area contributed by atoms with E-state index < -0.39 is 0 Å². The van der Waals surface area contributed by atoms with E-state index in [2.05, 4.69) is 10.4 Å². The van der Waals surface area contributed by atoms with Crippen molar-refractivity contribution in [3.63, 3.8) is 0 Å². The molecule has 32 heavy (non-hydrogen) atoms. The molecule has 0 saturated heterocycles. The fourth-order valence-corrected chi connectivity index (χ4v) is 4.28. The van der Waals surface area contributed by atoms with Gasteiger partial charge in [0, 0.05) is 16.0 Å². The third kappa shape index (κ3) is 4.36. The van der Waals surface area contributed by atoms with Gasteiger partial charge in [0.15, 0.2) is 11.5 Å². The lowest BCUT2D eigenvalue weighted by Gasteiger charge is -2.12. The molecule has 4 aromatic rings. The van der Waals surface area contributed by atoms with Crippen LogP contribution in [0.5, 0.6) is 11.5 Å². The van der Waals surface area contributed by atoms with Gasteiger partial charge in [0.1, 0.15) is 11.6 Å². The van der Waals surface area contributed by atoms with E-state index in [9.17, 15) is 9.18 Å². The Labute approximate surface area is 189 Å². The predicted octanol–water partition coefficient (Wildman–Crippen LogP) is 5.38. The molecule has 0 aliphatic carbocycles. The van der Waals surface area contributed by atoms with Crippen molar-refractivity contribution in [1.29, 1.82) is 0 Å². The zero-order valence-corrected chi connectivity index (χ0v) is 18.7. The lowest BCUT2D eigenvalue weighted by atomic mass is 10.2. The third-order valence-corrected chi connectivity index (χ3v) is 6.12. The lowest BCUT2D eigenvalue weighted by molar-refractivity contribution is 0.102. The summed E-state index contributed by atoms with van der Waals surface area (Å²) in [7, 11) is 3.17. The molecule has 0 spiro atoms. The summed E-state index contributed by atoms with van der Waals surface area (Å²) in [4.78, 5) is 14.1. The first kappa shape index (κ1) is 21.6. The molecule has 1 amide bonds. The van der Waals surface area contributed by atoms with Crippen LogP contribution < -0.4 is 14.8 Å². The third-order valence-electron chi connectivity index (χ3n) is 5.00. The van der Waals surface area contributed by atoms with Crippen molar-refractivity contribution in [3.05, 3.63) is 82.6 Å². The maximum atomic E-state index is 14.1. The molecule has 6 nitrogen and oxygen atoms in total. The van der Waals surface area contributed by atoms with Gasteiger partial charge >= 0.3 is 0 Å². The number of carbonyl (C=O) groups is 1. The van der Waals surface area contributed by atoms with E-state index >= 15 is 0 Å². The highest BCUT2D eigenvalue weighted by Crippen LogP contribution is 2.31. The summed E-state index contributed by atoms with van der Waals surface area (Å²) in [5, 5.41) is 7.35. The molecule has 1 N–H and O–H groups in total. The summed E-state index contributed by atoms with van der Waals surface area (Å²) in [5.74, 6) is 1.29. The van der Waals surface area contributed by atoms with E-state index in [1.807, 2.05) is 25.1 Å². The van der Waals surface area contributed by atoms with Crippen LogP contribution in [-0.4, -0.2) is 29.9 Å². The largest absolute Gasteiger partial charge is 0.493 e. The molecule has 0 unspecified atom stereocenters. The van der Waals surface area contributed by atoms with E-state index in [-0.39, 0.29) is 11.7 Å². The van der Waals surface area contributed by atoms with Crippen LogP contribution in [-0.2, 0) is 6.54 Å². The van der Waals surface area contributed by atoms with E-state index in [4.69, 9.17) is 9.47 Å². The number of nitrogens with zero attached hydrogens (tertiary/aromatic N) is 2. The maximum absolute atomic E-state index is 14.1. The van der Waals surface area contributed by atoms with Crippen molar-refractivity contribution >= 4 is 23.1 Å². The van der Waals surface area contributed by atoms with Crippen LogP contribution in [0.3, 0.4) is 0 Å². The number of hydrogen-bond donors (Lipinski definition) is 1. The predicted molar refractivity (Wildman–Crippen MR) is 123 cm³/mol. The van der Waals surface area contributed by atoms with Gasteiger partial charge in [0.2, 0.25) is 0 Å². The number of ether oxygens (including phenoxy) is 2. The number of aryl methyl sites for hydroxylation is 1. The van der Waals surface area contributed by atoms with E-state index in [1.54, 1.807) is 55.4 Å². The van der Waals surface area contributed by atoms with Crippen molar-refractivity contribution in [3.8, 4) is 21.9 Å². The molecule has 0 saturated carbocycles. The minimum absolute atomic E-state index is 0.269. The van der Waals surface area contributed by atoms with Crippen LogP contribution in [0, 0.1) is 12.7 Å². The lowest BCUT2D eigenvalue weighted by Crippen LogP contribution is -2.16. The van der Waals surface area contributed by atoms with Gasteiger partial charge in [-0.05, 0) is 42.8 Å². The Hall–Kier alpha value is -3.65. The van der Waals surface area contributed by atoms with Crippen LogP contribution >= 0.6 is 11.3 Å². The molecule has 2 aromatic heterocycles. The molecular weight excluding hydrogens is 429 g/mol. The summed E-state index contributed by atoms with van der Waals surface area (Å²) >= 11 is 1.24. The molecule has 0 radical (unpaired) electrons. The number of amides is 1. The number of thiophene rings is 1. The number of anilines is 1. The first-order valence-corrected chi connectivity index (χ1v) is 10.7. The molecule has 0 bridgehead atoms. The Balaban J connectivity index is 1.54. The van der Waals surface area contributed by atoms with Crippen molar-refractivity contribution in [1.82, 2.24) is 9.78 Å². The minimum Gasteiger partial charge on any atom is -0.493 e. The standard InChI is InChI=1S/C24H22FN3O3S/c1-15-13-26-28(14-16-8-9-19(30-2)20(12-16)31-3)23(15)27-24(29)22-11-10-21(32-22)17-6-4-5-7-18(17)25/h4-13H,14H2,1-3H3,(H,27,29). The second-order valence-corrected chi connectivity index (χ2v) is 8.20. The number of halogens is 1. The van der Waals surface area contributed by atoms with Crippen molar-refractivity contribution in [2.24, 2.45) is 0 Å². The quantitative estimate of drug-likeness (QED) is 0.410. The molecule has 0 atom stereocenters. The second kappa shape index (κ2) is 9.23.